The molecule has 0 aliphatic carbocycles. The monoisotopic (exact) mass is 310 g/mol. The number of aryl methyl sites for hydroxylation is 2. The molecule has 118 valence electrons. The molecule has 2 aromatic heterocycles. The molecule has 5 nitrogen and oxygen atoms in total. The number of hydrogen-bond acceptors (Lipinski definition) is 3. The Morgan fingerprint density at radius 3 is 2.48 bits per heavy atom. The Bertz CT molecular complexity index is 936. The Balaban J connectivity index is 2.31. The molecule has 0 aliphatic heterocycles. The number of carbonyl (C=O) groups excluding carboxylic acids is 1. The zero-order valence-corrected chi connectivity index (χ0v) is 13.3. The van der Waals surface area contributed by atoms with E-state index in [0.717, 1.165) is 22.3 Å². The van der Waals surface area contributed by atoms with E-state index in [1.165, 1.54) is 0 Å². The second-order valence-electron chi connectivity index (χ2n) is 5.42. The summed E-state index contributed by atoms with van der Waals surface area (Å²) in [6.07, 6.45) is 0. The van der Waals surface area contributed by atoms with E-state index in [9.17, 15) is 9.59 Å². The van der Waals surface area contributed by atoms with Crippen molar-refractivity contribution in [2.75, 3.05) is 6.61 Å². The van der Waals surface area contributed by atoms with Crippen LogP contribution in [-0.4, -0.2) is 22.5 Å². The lowest BCUT2D eigenvalue weighted by Crippen LogP contribution is -2.21. The number of rotatable bonds is 3. The molecule has 1 aromatic carbocycles. The third-order valence-corrected chi connectivity index (χ3v) is 3.95. The highest BCUT2D eigenvalue weighted by molar-refractivity contribution is 6.02. The molecule has 0 atom stereocenters. The van der Waals surface area contributed by atoms with Crippen LogP contribution in [0.5, 0.6) is 0 Å². The summed E-state index contributed by atoms with van der Waals surface area (Å²) in [5.74, 6) is -0.588. The second-order valence-corrected chi connectivity index (χ2v) is 5.42. The van der Waals surface area contributed by atoms with Crippen molar-refractivity contribution < 1.29 is 9.53 Å². The van der Waals surface area contributed by atoms with Crippen LogP contribution >= 0.6 is 0 Å². The molecule has 0 radical (unpaired) electrons. The molecule has 3 rings (SSSR count). The molecular formula is C18H18N2O3. The molecule has 0 amide bonds. The lowest BCUT2D eigenvalue weighted by molar-refractivity contribution is 0.0523. The molecule has 2 heterocycles. The molecule has 0 saturated carbocycles. The van der Waals surface area contributed by atoms with E-state index in [1.807, 2.05) is 37.3 Å². The summed E-state index contributed by atoms with van der Waals surface area (Å²) in [7, 11) is 0. The fourth-order valence-corrected chi connectivity index (χ4v) is 2.96. The maximum atomic E-state index is 12.4. The van der Waals surface area contributed by atoms with Gasteiger partial charge in [0, 0.05) is 16.6 Å². The molecule has 5 heteroatoms. The van der Waals surface area contributed by atoms with Crippen molar-refractivity contribution in [3.05, 3.63) is 57.5 Å². The first kappa shape index (κ1) is 15.1. The first-order valence-corrected chi connectivity index (χ1v) is 7.52. The lowest BCUT2D eigenvalue weighted by Gasteiger charge is -2.07. The summed E-state index contributed by atoms with van der Waals surface area (Å²) in [5.41, 5.74) is 3.71. The minimum absolute atomic E-state index is 0.0704. The van der Waals surface area contributed by atoms with Crippen LogP contribution in [-0.2, 0) is 4.74 Å². The van der Waals surface area contributed by atoms with Crippen molar-refractivity contribution in [1.29, 1.82) is 0 Å². The third kappa shape index (κ3) is 2.44. The fourth-order valence-electron chi connectivity index (χ4n) is 2.96. The van der Waals surface area contributed by atoms with Gasteiger partial charge >= 0.3 is 5.97 Å². The highest BCUT2D eigenvalue weighted by atomic mass is 16.5. The normalized spacial score (nSPS) is 10.9. The zero-order chi connectivity index (χ0) is 16.6. The Labute approximate surface area is 133 Å². The number of nitrogens with one attached hydrogen (secondary N) is 2. The van der Waals surface area contributed by atoms with Crippen molar-refractivity contribution in [3.8, 4) is 11.3 Å². The molecule has 2 N–H and O–H groups in total. The highest BCUT2D eigenvalue weighted by Gasteiger charge is 2.21. The van der Waals surface area contributed by atoms with Gasteiger partial charge in [0.15, 0.2) is 0 Å². The van der Waals surface area contributed by atoms with Gasteiger partial charge in [-0.1, -0.05) is 30.3 Å². The van der Waals surface area contributed by atoms with Crippen LogP contribution in [0, 0.1) is 13.8 Å². The minimum Gasteiger partial charge on any atom is -0.462 e. The third-order valence-electron chi connectivity index (χ3n) is 3.95. The minimum atomic E-state index is -0.588. The summed E-state index contributed by atoms with van der Waals surface area (Å²) in [6, 6.07) is 9.76. The van der Waals surface area contributed by atoms with Gasteiger partial charge in [-0.15, -0.1) is 0 Å². The van der Waals surface area contributed by atoms with Crippen LogP contribution in [0.2, 0.25) is 0 Å². The van der Waals surface area contributed by atoms with Crippen molar-refractivity contribution in [3.63, 3.8) is 0 Å². The van der Waals surface area contributed by atoms with Crippen LogP contribution in [0.25, 0.3) is 22.2 Å². The van der Waals surface area contributed by atoms with Gasteiger partial charge in [0.05, 0.1) is 17.8 Å². The van der Waals surface area contributed by atoms with Gasteiger partial charge in [-0.05, 0) is 26.3 Å². The first-order chi connectivity index (χ1) is 11.0. The Morgan fingerprint density at radius 2 is 1.83 bits per heavy atom. The van der Waals surface area contributed by atoms with Crippen molar-refractivity contribution in [2.24, 2.45) is 0 Å². The maximum Gasteiger partial charge on any atom is 0.344 e. The van der Waals surface area contributed by atoms with E-state index in [4.69, 9.17) is 4.74 Å². The molecule has 3 aromatic rings. The lowest BCUT2D eigenvalue weighted by atomic mass is 10.0. The van der Waals surface area contributed by atoms with Crippen LogP contribution in [0.4, 0.5) is 0 Å². The second kappa shape index (κ2) is 5.76. The highest BCUT2D eigenvalue weighted by Crippen LogP contribution is 2.31. The number of H-pyrrole nitrogens is 2. The average Bonchev–Trinajstić information content (AvgIpc) is 2.85. The van der Waals surface area contributed by atoms with Crippen molar-refractivity contribution in [1.82, 2.24) is 9.97 Å². The smallest absolute Gasteiger partial charge is 0.344 e. The molecule has 0 unspecified atom stereocenters. The molecule has 23 heavy (non-hydrogen) atoms. The summed E-state index contributed by atoms with van der Waals surface area (Å²) < 4.78 is 5.00. The van der Waals surface area contributed by atoms with E-state index in [2.05, 4.69) is 9.97 Å². The van der Waals surface area contributed by atoms with E-state index < -0.39 is 11.5 Å². The SMILES string of the molecule is CCOC(=O)c1c(C)c2c(C)[nH]c(-c3ccccc3)c2[nH]c1=O. The number of aromatic amines is 2. The fraction of sp³-hybridized carbons (Fsp3) is 0.222. The van der Waals surface area contributed by atoms with Crippen molar-refractivity contribution in [2.45, 2.75) is 20.8 Å². The van der Waals surface area contributed by atoms with E-state index in [0.29, 0.717) is 11.1 Å². The number of hydrogen-bond donors (Lipinski definition) is 2. The Kier molecular flexibility index (Phi) is 3.78. The van der Waals surface area contributed by atoms with Gasteiger partial charge in [-0.3, -0.25) is 4.79 Å². The van der Waals surface area contributed by atoms with Crippen LogP contribution in [0.1, 0.15) is 28.5 Å². The Morgan fingerprint density at radius 1 is 1.13 bits per heavy atom. The standard InChI is InChI=1S/C18H18N2O3/c1-4-23-18(22)14-10(2)13-11(3)19-15(16(13)20-17(14)21)12-8-6-5-7-9-12/h5-9,19H,4H2,1-3H3,(H,20,21). The molecule has 0 saturated heterocycles. The van der Waals surface area contributed by atoms with Crippen LogP contribution in [0.3, 0.4) is 0 Å². The molecule has 0 spiro atoms. The summed E-state index contributed by atoms with van der Waals surface area (Å²) in [4.78, 5) is 30.6. The van der Waals surface area contributed by atoms with Gasteiger partial charge in [0.2, 0.25) is 0 Å². The largest absolute Gasteiger partial charge is 0.462 e. The van der Waals surface area contributed by atoms with E-state index >= 15 is 0 Å². The van der Waals surface area contributed by atoms with Crippen LogP contribution in [0.15, 0.2) is 35.1 Å². The van der Waals surface area contributed by atoms with Gasteiger partial charge < -0.3 is 14.7 Å². The number of esters is 1. The number of carbonyl (C=O) groups is 1. The van der Waals surface area contributed by atoms with Crippen molar-refractivity contribution >= 4 is 16.9 Å². The first-order valence-electron chi connectivity index (χ1n) is 7.52. The number of benzene rings is 1. The molecule has 0 fully saturated rings. The zero-order valence-electron chi connectivity index (χ0n) is 13.3. The molecule has 0 aliphatic rings. The summed E-state index contributed by atoms with van der Waals surface area (Å²) >= 11 is 0. The van der Waals surface area contributed by atoms with Crippen LogP contribution < -0.4 is 5.56 Å². The number of ether oxygens (including phenoxy) is 1. The van der Waals surface area contributed by atoms with E-state index in [-0.39, 0.29) is 12.2 Å². The quantitative estimate of drug-likeness (QED) is 0.729. The van der Waals surface area contributed by atoms with Gasteiger partial charge in [0.1, 0.15) is 5.56 Å². The predicted octanol–water partition coefficient (Wildman–Crippen LogP) is 3.32. The number of pyridine rings is 1. The number of fused-ring (bicyclic) bond motifs is 1. The maximum absolute atomic E-state index is 12.4. The van der Waals surface area contributed by atoms with Gasteiger partial charge in [-0.2, -0.15) is 0 Å². The number of aromatic nitrogens is 2. The van der Waals surface area contributed by atoms with Gasteiger partial charge in [-0.25, -0.2) is 4.79 Å². The Hall–Kier alpha value is -2.82. The topological polar surface area (TPSA) is 75.0 Å². The van der Waals surface area contributed by atoms with Gasteiger partial charge in [0.25, 0.3) is 5.56 Å². The molecular weight excluding hydrogens is 292 g/mol. The summed E-state index contributed by atoms with van der Waals surface area (Å²) in [5, 5.41) is 0.853. The summed E-state index contributed by atoms with van der Waals surface area (Å²) in [6.45, 7) is 5.65. The molecule has 0 bridgehead atoms. The average molecular weight is 310 g/mol. The predicted molar refractivity (Wildman–Crippen MR) is 89.8 cm³/mol. The van der Waals surface area contributed by atoms with E-state index in [1.54, 1.807) is 13.8 Å².